The largest absolute Gasteiger partial charge is 0.444 e. The number of anilines is 1. The van der Waals surface area contributed by atoms with Crippen LogP contribution in [0.5, 0.6) is 0 Å². The lowest BCUT2D eigenvalue weighted by molar-refractivity contribution is -0.120. The van der Waals surface area contributed by atoms with E-state index in [9.17, 15) is 14.4 Å². The van der Waals surface area contributed by atoms with Gasteiger partial charge in [-0.1, -0.05) is 42.5 Å². The number of carbonyl (C=O) groups excluding carboxylic acids is 3. The topological polar surface area (TPSA) is 75.7 Å². The Morgan fingerprint density at radius 3 is 2.34 bits per heavy atom. The van der Waals surface area contributed by atoms with Crippen molar-refractivity contribution in [3.63, 3.8) is 0 Å². The molecule has 6 nitrogen and oxygen atoms in total. The molecule has 0 bridgehead atoms. The quantitative estimate of drug-likeness (QED) is 0.787. The van der Waals surface area contributed by atoms with Crippen molar-refractivity contribution in [1.29, 1.82) is 0 Å². The van der Waals surface area contributed by atoms with E-state index in [1.807, 2.05) is 6.07 Å². The molecule has 1 atom stereocenters. The first-order chi connectivity index (χ1) is 13.8. The number of likely N-dealkylation sites (tertiary alicyclic amines) is 1. The zero-order chi connectivity index (χ0) is 21.0. The smallest absolute Gasteiger partial charge is 0.410 e. The van der Waals surface area contributed by atoms with Gasteiger partial charge in [-0.3, -0.25) is 14.5 Å². The normalized spacial score (nSPS) is 16.4. The summed E-state index contributed by atoms with van der Waals surface area (Å²) in [6.07, 6.45) is 0.783. The minimum atomic E-state index is -0.630. The molecule has 2 aromatic carbocycles. The Kier molecular flexibility index (Phi) is 6.01. The average Bonchev–Trinajstić information content (AvgIpc) is 3.17. The Morgan fingerprint density at radius 2 is 1.66 bits per heavy atom. The van der Waals surface area contributed by atoms with Crippen LogP contribution in [0, 0.1) is 0 Å². The SMILES string of the molecule is CC(C)(C)OC(=O)N1CCCC1C(=O)Nc1ccccc1C(=O)c1ccccc1. The van der Waals surface area contributed by atoms with Gasteiger partial charge in [-0.2, -0.15) is 0 Å². The molecular formula is C23H26N2O4. The lowest BCUT2D eigenvalue weighted by atomic mass is 10.0. The molecular weight excluding hydrogens is 368 g/mol. The fourth-order valence-electron chi connectivity index (χ4n) is 3.33. The van der Waals surface area contributed by atoms with Crippen LogP contribution in [0.25, 0.3) is 0 Å². The summed E-state index contributed by atoms with van der Waals surface area (Å²) < 4.78 is 5.42. The van der Waals surface area contributed by atoms with Crippen LogP contribution in [0.2, 0.25) is 0 Å². The van der Waals surface area contributed by atoms with Gasteiger partial charge >= 0.3 is 6.09 Å². The van der Waals surface area contributed by atoms with E-state index in [2.05, 4.69) is 5.32 Å². The zero-order valence-electron chi connectivity index (χ0n) is 17.0. The molecule has 1 aliphatic rings. The molecule has 1 fully saturated rings. The number of hydrogen-bond donors (Lipinski definition) is 1. The van der Waals surface area contributed by atoms with Crippen molar-refractivity contribution < 1.29 is 19.1 Å². The zero-order valence-corrected chi connectivity index (χ0v) is 17.0. The minimum Gasteiger partial charge on any atom is -0.444 e. The van der Waals surface area contributed by atoms with Gasteiger partial charge in [0.1, 0.15) is 11.6 Å². The molecule has 2 aromatic rings. The monoisotopic (exact) mass is 394 g/mol. The summed E-state index contributed by atoms with van der Waals surface area (Å²) in [6.45, 7) is 5.85. The van der Waals surface area contributed by atoms with Crippen LogP contribution in [-0.4, -0.2) is 40.9 Å². The summed E-state index contributed by atoms with van der Waals surface area (Å²) in [5.74, 6) is -0.487. The first-order valence-electron chi connectivity index (χ1n) is 9.75. The van der Waals surface area contributed by atoms with Crippen LogP contribution in [0.3, 0.4) is 0 Å². The molecule has 0 radical (unpaired) electrons. The van der Waals surface area contributed by atoms with Gasteiger partial charge in [-0.25, -0.2) is 4.79 Å². The molecule has 0 saturated carbocycles. The van der Waals surface area contributed by atoms with Crippen LogP contribution in [0.1, 0.15) is 49.5 Å². The maximum atomic E-state index is 12.9. The molecule has 1 heterocycles. The summed E-state index contributed by atoms with van der Waals surface area (Å²) in [6, 6.07) is 15.2. The number of ketones is 1. The third kappa shape index (κ3) is 5.02. The molecule has 1 N–H and O–H groups in total. The van der Waals surface area contributed by atoms with Crippen molar-refractivity contribution in [3.05, 3.63) is 65.7 Å². The van der Waals surface area contributed by atoms with E-state index in [-0.39, 0.29) is 11.7 Å². The summed E-state index contributed by atoms with van der Waals surface area (Å²) in [5.41, 5.74) is 0.761. The number of amides is 2. The van der Waals surface area contributed by atoms with Gasteiger partial charge in [0.25, 0.3) is 0 Å². The highest BCUT2D eigenvalue weighted by molar-refractivity contribution is 6.14. The summed E-state index contributed by atoms with van der Waals surface area (Å²) in [5, 5.41) is 2.84. The highest BCUT2D eigenvalue weighted by Crippen LogP contribution is 2.24. The Balaban J connectivity index is 1.77. The number of benzene rings is 2. The van der Waals surface area contributed by atoms with E-state index in [0.29, 0.717) is 29.8 Å². The molecule has 1 unspecified atom stereocenters. The summed E-state index contributed by atoms with van der Waals surface area (Å²) in [4.78, 5) is 39.7. The molecule has 1 aliphatic heterocycles. The lowest BCUT2D eigenvalue weighted by Crippen LogP contribution is -2.45. The van der Waals surface area contributed by atoms with Crippen LogP contribution >= 0.6 is 0 Å². The highest BCUT2D eigenvalue weighted by Gasteiger charge is 2.36. The Labute approximate surface area is 170 Å². The van der Waals surface area contributed by atoms with Gasteiger partial charge in [0.2, 0.25) is 5.91 Å². The Bertz CT molecular complexity index is 903. The third-order valence-electron chi connectivity index (χ3n) is 4.65. The predicted octanol–water partition coefficient (Wildman–Crippen LogP) is 4.26. The lowest BCUT2D eigenvalue weighted by Gasteiger charge is -2.28. The Hall–Kier alpha value is -3.15. The number of carbonyl (C=O) groups is 3. The van der Waals surface area contributed by atoms with E-state index < -0.39 is 17.7 Å². The number of hydrogen-bond acceptors (Lipinski definition) is 4. The Morgan fingerprint density at radius 1 is 1.00 bits per heavy atom. The van der Waals surface area contributed by atoms with Gasteiger partial charge < -0.3 is 10.1 Å². The van der Waals surface area contributed by atoms with Gasteiger partial charge in [0.05, 0.1) is 5.69 Å². The molecule has 1 saturated heterocycles. The number of para-hydroxylation sites is 1. The van der Waals surface area contributed by atoms with Crippen molar-refractivity contribution in [2.24, 2.45) is 0 Å². The third-order valence-corrected chi connectivity index (χ3v) is 4.65. The van der Waals surface area contributed by atoms with Crippen LogP contribution in [-0.2, 0) is 9.53 Å². The van der Waals surface area contributed by atoms with Gasteiger partial charge in [0, 0.05) is 17.7 Å². The fourth-order valence-corrected chi connectivity index (χ4v) is 3.33. The molecule has 6 heteroatoms. The van der Waals surface area contributed by atoms with Gasteiger partial charge in [0.15, 0.2) is 5.78 Å². The predicted molar refractivity (Wildman–Crippen MR) is 111 cm³/mol. The van der Waals surface area contributed by atoms with E-state index in [0.717, 1.165) is 6.42 Å². The van der Waals surface area contributed by atoms with E-state index in [4.69, 9.17) is 4.74 Å². The van der Waals surface area contributed by atoms with Gasteiger partial charge in [-0.05, 0) is 45.7 Å². The minimum absolute atomic E-state index is 0.170. The second-order valence-electron chi connectivity index (χ2n) is 8.06. The van der Waals surface area contributed by atoms with Crippen molar-refractivity contribution in [2.45, 2.75) is 45.3 Å². The summed E-state index contributed by atoms with van der Waals surface area (Å²) in [7, 11) is 0. The molecule has 152 valence electrons. The van der Waals surface area contributed by atoms with Crippen molar-refractivity contribution in [1.82, 2.24) is 4.90 Å². The molecule has 29 heavy (non-hydrogen) atoms. The second kappa shape index (κ2) is 8.47. The van der Waals surface area contributed by atoms with Gasteiger partial charge in [-0.15, -0.1) is 0 Å². The molecule has 0 aliphatic carbocycles. The number of ether oxygens (including phenoxy) is 1. The van der Waals surface area contributed by atoms with E-state index >= 15 is 0 Å². The van der Waals surface area contributed by atoms with E-state index in [1.54, 1.807) is 69.3 Å². The standard InChI is InChI=1S/C23H26N2O4/c1-23(2,3)29-22(28)25-15-9-14-19(25)21(27)24-18-13-8-7-12-17(18)20(26)16-10-5-4-6-11-16/h4-8,10-13,19H,9,14-15H2,1-3H3,(H,24,27). The van der Waals surface area contributed by atoms with Crippen molar-refractivity contribution in [2.75, 3.05) is 11.9 Å². The average molecular weight is 394 g/mol. The maximum absolute atomic E-state index is 12.9. The number of nitrogens with zero attached hydrogens (tertiary/aromatic N) is 1. The first kappa shape index (κ1) is 20.6. The molecule has 0 spiro atoms. The molecule has 0 aromatic heterocycles. The second-order valence-corrected chi connectivity index (χ2v) is 8.06. The maximum Gasteiger partial charge on any atom is 0.410 e. The van der Waals surface area contributed by atoms with Crippen LogP contribution in [0.4, 0.5) is 10.5 Å². The highest BCUT2D eigenvalue weighted by atomic mass is 16.6. The fraction of sp³-hybridized carbons (Fsp3) is 0.348. The van der Waals surface area contributed by atoms with Crippen molar-refractivity contribution in [3.8, 4) is 0 Å². The van der Waals surface area contributed by atoms with Crippen molar-refractivity contribution >= 4 is 23.5 Å². The number of rotatable bonds is 4. The van der Waals surface area contributed by atoms with Crippen LogP contribution in [0.15, 0.2) is 54.6 Å². The van der Waals surface area contributed by atoms with E-state index in [1.165, 1.54) is 4.90 Å². The first-order valence-corrected chi connectivity index (χ1v) is 9.75. The number of nitrogens with one attached hydrogen (secondary N) is 1. The summed E-state index contributed by atoms with van der Waals surface area (Å²) >= 11 is 0. The van der Waals surface area contributed by atoms with Crippen LogP contribution < -0.4 is 5.32 Å². The molecule has 2 amide bonds. The molecule has 3 rings (SSSR count).